The molecule has 0 aromatic heterocycles. The molecule has 1 aromatic rings. The highest BCUT2D eigenvalue weighted by atomic mass is 16.7. The van der Waals surface area contributed by atoms with Crippen LogP contribution in [0.1, 0.15) is 5.56 Å². The number of oxime groups is 2. The molecule has 0 bridgehead atoms. The molecule has 1 aromatic carbocycles. The van der Waals surface area contributed by atoms with E-state index in [2.05, 4.69) is 15.0 Å². The van der Waals surface area contributed by atoms with E-state index in [-0.39, 0.29) is 11.4 Å². The second-order valence-electron chi connectivity index (χ2n) is 4.71. The Hall–Kier alpha value is -3.10. The van der Waals surface area contributed by atoms with Gasteiger partial charge in [0.1, 0.15) is 17.2 Å². The number of carbonyl (C=O) groups is 2. The van der Waals surface area contributed by atoms with Crippen molar-refractivity contribution in [3.8, 4) is 5.75 Å². The number of esters is 2. The first kappa shape index (κ1) is 17.3. The van der Waals surface area contributed by atoms with Gasteiger partial charge in [0, 0.05) is 5.56 Å². The molecular weight excluding hydrogens is 320 g/mol. The Balaban J connectivity index is 2.43. The largest absolute Gasteiger partial charge is 0.497 e. The standard InChI is InChI=1S/C15H16N2O7/c1-21-9-6-4-5-8(7-9)11(16-20)12-10(14(18)22-2)13(24-17-12)15(19)23-3/h4-7,10,13,20H,1-3H3/b16-11-/t10-,13-/m0/s1. The Morgan fingerprint density at radius 3 is 2.50 bits per heavy atom. The summed E-state index contributed by atoms with van der Waals surface area (Å²) in [6.45, 7) is 0. The van der Waals surface area contributed by atoms with Gasteiger partial charge in [-0.2, -0.15) is 0 Å². The predicted molar refractivity (Wildman–Crippen MR) is 81.1 cm³/mol. The van der Waals surface area contributed by atoms with Gasteiger partial charge in [0.2, 0.25) is 6.10 Å². The molecule has 24 heavy (non-hydrogen) atoms. The molecule has 1 aliphatic rings. The molecule has 2 atom stereocenters. The van der Waals surface area contributed by atoms with E-state index >= 15 is 0 Å². The first-order valence-corrected chi connectivity index (χ1v) is 6.83. The van der Waals surface area contributed by atoms with E-state index in [0.29, 0.717) is 11.3 Å². The van der Waals surface area contributed by atoms with Crippen molar-refractivity contribution >= 4 is 23.4 Å². The molecule has 1 heterocycles. The van der Waals surface area contributed by atoms with Crippen molar-refractivity contribution in [2.24, 2.45) is 16.2 Å². The molecule has 9 nitrogen and oxygen atoms in total. The predicted octanol–water partition coefficient (Wildman–Crippen LogP) is 0.590. The van der Waals surface area contributed by atoms with Crippen molar-refractivity contribution in [1.82, 2.24) is 0 Å². The van der Waals surface area contributed by atoms with Crippen LogP contribution in [0.4, 0.5) is 0 Å². The lowest BCUT2D eigenvalue weighted by Gasteiger charge is -2.15. The van der Waals surface area contributed by atoms with Crippen molar-refractivity contribution < 1.29 is 33.8 Å². The zero-order valence-corrected chi connectivity index (χ0v) is 13.3. The Morgan fingerprint density at radius 1 is 1.21 bits per heavy atom. The number of rotatable bonds is 5. The molecule has 0 radical (unpaired) electrons. The number of methoxy groups -OCH3 is 3. The lowest BCUT2D eigenvalue weighted by molar-refractivity contribution is -0.161. The van der Waals surface area contributed by atoms with Crippen LogP contribution in [-0.4, -0.2) is 56.0 Å². The number of nitrogens with zero attached hydrogens (tertiary/aromatic N) is 2. The van der Waals surface area contributed by atoms with Crippen molar-refractivity contribution in [2.45, 2.75) is 6.10 Å². The molecule has 0 fully saturated rings. The monoisotopic (exact) mass is 336 g/mol. The lowest BCUT2D eigenvalue weighted by atomic mass is 9.91. The van der Waals surface area contributed by atoms with Crippen LogP contribution in [0, 0.1) is 5.92 Å². The highest BCUT2D eigenvalue weighted by Crippen LogP contribution is 2.25. The minimum absolute atomic E-state index is 0.0456. The molecule has 0 saturated carbocycles. The molecule has 1 N–H and O–H groups in total. The van der Waals surface area contributed by atoms with Gasteiger partial charge < -0.3 is 24.3 Å². The molecule has 1 aliphatic heterocycles. The number of hydrogen-bond donors (Lipinski definition) is 1. The summed E-state index contributed by atoms with van der Waals surface area (Å²) in [7, 11) is 3.80. The maximum absolute atomic E-state index is 12.1. The van der Waals surface area contributed by atoms with Crippen LogP contribution in [-0.2, 0) is 23.9 Å². The van der Waals surface area contributed by atoms with Gasteiger partial charge in [0.05, 0.1) is 21.3 Å². The summed E-state index contributed by atoms with van der Waals surface area (Å²) in [6.07, 6.45) is -1.32. The van der Waals surface area contributed by atoms with E-state index in [1.165, 1.54) is 7.11 Å². The summed E-state index contributed by atoms with van der Waals surface area (Å²) in [4.78, 5) is 28.9. The fraction of sp³-hybridized carbons (Fsp3) is 0.333. The third kappa shape index (κ3) is 3.14. The van der Waals surface area contributed by atoms with Gasteiger partial charge in [-0.3, -0.25) is 4.79 Å². The zero-order chi connectivity index (χ0) is 17.7. The van der Waals surface area contributed by atoms with Gasteiger partial charge in [-0.1, -0.05) is 22.4 Å². The molecule has 0 saturated heterocycles. The van der Waals surface area contributed by atoms with E-state index in [0.717, 1.165) is 14.2 Å². The summed E-state index contributed by atoms with van der Waals surface area (Å²) in [5, 5.41) is 16.3. The van der Waals surface area contributed by atoms with Crippen LogP contribution in [0.5, 0.6) is 5.75 Å². The molecule has 0 spiro atoms. The fourth-order valence-corrected chi connectivity index (χ4v) is 2.25. The number of carbonyl (C=O) groups excluding carboxylic acids is 2. The first-order chi connectivity index (χ1) is 11.6. The Labute approximate surface area is 137 Å². The van der Waals surface area contributed by atoms with Crippen LogP contribution in [0.15, 0.2) is 34.6 Å². The van der Waals surface area contributed by atoms with Crippen LogP contribution >= 0.6 is 0 Å². The lowest BCUT2D eigenvalue weighted by Crippen LogP contribution is -2.40. The van der Waals surface area contributed by atoms with Gasteiger partial charge in [-0.25, -0.2) is 4.79 Å². The van der Waals surface area contributed by atoms with Gasteiger partial charge in [-0.05, 0) is 12.1 Å². The van der Waals surface area contributed by atoms with Crippen LogP contribution in [0.25, 0.3) is 0 Å². The topological polar surface area (TPSA) is 116 Å². The van der Waals surface area contributed by atoms with E-state index in [4.69, 9.17) is 14.3 Å². The van der Waals surface area contributed by atoms with Crippen molar-refractivity contribution in [2.75, 3.05) is 21.3 Å². The fourth-order valence-electron chi connectivity index (χ4n) is 2.25. The van der Waals surface area contributed by atoms with Crippen molar-refractivity contribution in [3.05, 3.63) is 29.8 Å². The van der Waals surface area contributed by atoms with E-state index < -0.39 is 24.0 Å². The number of hydrogen-bond acceptors (Lipinski definition) is 9. The van der Waals surface area contributed by atoms with Crippen molar-refractivity contribution in [1.29, 1.82) is 0 Å². The maximum Gasteiger partial charge on any atom is 0.351 e. The van der Waals surface area contributed by atoms with Gasteiger partial charge >= 0.3 is 11.9 Å². The quantitative estimate of drug-likeness (QED) is 0.362. The maximum atomic E-state index is 12.1. The molecule has 9 heteroatoms. The molecule has 0 aliphatic carbocycles. The van der Waals surface area contributed by atoms with Crippen molar-refractivity contribution in [3.63, 3.8) is 0 Å². The summed E-state index contributed by atoms with van der Waals surface area (Å²) >= 11 is 0. The molecule has 128 valence electrons. The van der Waals surface area contributed by atoms with Gasteiger partial charge in [0.25, 0.3) is 0 Å². The van der Waals surface area contributed by atoms with Gasteiger partial charge in [-0.15, -0.1) is 0 Å². The second kappa shape index (κ2) is 7.44. The Kier molecular flexibility index (Phi) is 5.35. The summed E-state index contributed by atoms with van der Waals surface area (Å²) < 4.78 is 14.4. The normalized spacial score (nSPS) is 20.0. The molecule has 0 unspecified atom stereocenters. The zero-order valence-electron chi connectivity index (χ0n) is 13.3. The molecule has 0 amide bonds. The summed E-state index contributed by atoms with van der Waals surface area (Å²) in [6, 6.07) is 6.57. The first-order valence-electron chi connectivity index (χ1n) is 6.83. The Bertz CT molecular complexity index is 699. The van der Waals surface area contributed by atoms with E-state index in [9.17, 15) is 14.8 Å². The number of ether oxygens (including phenoxy) is 3. The third-order valence-corrected chi connectivity index (χ3v) is 3.44. The molecule has 2 rings (SSSR count). The summed E-state index contributed by atoms with van der Waals surface area (Å²) in [5.41, 5.74) is 0.322. The average Bonchev–Trinajstić information content (AvgIpc) is 3.06. The van der Waals surface area contributed by atoms with Crippen LogP contribution in [0.2, 0.25) is 0 Å². The highest BCUT2D eigenvalue weighted by molar-refractivity contribution is 6.51. The second-order valence-corrected chi connectivity index (χ2v) is 4.71. The van der Waals surface area contributed by atoms with E-state index in [1.54, 1.807) is 24.3 Å². The van der Waals surface area contributed by atoms with Crippen LogP contribution in [0.3, 0.4) is 0 Å². The minimum Gasteiger partial charge on any atom is -0.497 e. The molecular formula is C15H16N2O7. The third-order valence-electron chi connectivity index (χ3n) is 3.44. The smallest absolute Gasteiger partial charge is 0.351 e. The van der Waals surface area contributed by atoms with E-state index in [1.807, 2.05) is 0 Å². The Morgan fingerprint density at radius 2 is 1.92 bits per heavy atom. The average molecular weight is 336 g/mol. The number of benzene rings is 1. The SMILES string of the molecule is COC(=O)[C@H]1C(/C(=N\O)c2cccc(OC)c2)=NO[C@@H]1C(=O)OC. The minimum atomic E-state index is -1.32. The van der Waals surface area contributed by atoms with Gasteiger partial charge in [0.15, 0.2) is 5.92 Å². The summed E-state index contributed by atoms with van der Waals surface area (Å²) in [5.74, 6) is -2.29. The highest BCUT2D eigenvalue weighted by Gasteiger charge is 2.48. The van der Waals surface area contributed by atoms with Crippen LogP contribution < -0.4 is 4.74 Å².